The van der Waals surface area contributed by atoms with Gasteiger partial charge < -0.3 is 15.5 Å². The zero-order valence-corrected chi connectivity index (χ0v) is 15.9. The molecule has 2 aromatic heterocycles. The molecule has 126 valence electrons. The number of hydrogen-bond acceptors (Lipinski definition) is 6. The van der Waals surface area contributed by atoms with Gasteiger partial charge in [0.2, 0.25) is 0 Å². The Hall–Kier alpha value is -1.67. The number of anilines is 1. The van der Waals surface area contributed by atoms with Crippen LogP contribution in [0.5, 0.6) is 0 Å². The SMILES string of the molecule is CN=C(NCc1csc(N(C)C)n1)NCc1nc(C(C)C)cs1. The van der Waals surface area contributed by atoms with Crippen molar-refractivity contribution in [2.75, 3.05) is 26.0 Å². The van der Waals surface area contributed by atoms with Gasteiger partial charge in [0.15, 0.2) is 11.1 Å². The first-order valence-corrected chi connectivity index (χ1v) is 9.26. The molecule has 0 unspecified atom stereocenters. The molecule has 0 fully saturated rings. The summed E-state index contributed by atoms with van der Waals surface area (Å²) >= 11 is 3.32. The van der Waals surface area contributed by atoms with E-state index in [0.29, 0.717) is 19.0 Å². The van der Waals surface area contributed by atoms with Crippen molar-refractivity contribution in [3.63, 3.8) is 0 Å². The molecule has 0 saturated carbocycles. The monoisotopic (exact) mass is 352 g/mol. The molecule has 2 N–H and O–H groups in total. The molecule has 2 aromatic rings. The molecule has 2 rings (SSSR count). The van der Waals surface area contributed by atoms with Crippen molar-refractivity contribution in [3.05, 3.63) is 27.2 Å². The summed E-state index contributed by atoms with van der Waals surface area (Å²) < 4.78 is 0. The van der Waals surface area contributed by atoms with E-state index in [4.69, 9.17) is 0 Å². The number of aliphatic imine (C=N–C) groups is 1. The van der Waals surface area contributed by atoms with Gasteiger partial charge in [0, 0.05) is 31.9 Å². The van der Waals surface area contributed by atoms with E-state index >= 15 is 0 Å². The summed E-state index contributed by atoms with van der Waals surface area (Å²) in [6.45, 7) is 5.64. The lowest BCUT2D eigenvalue weighted by Crippen LogP contribution is -2.36. The molecule has 0 radical (unpaired) electrons. The molecule has 0 spiro atoms. The summed E-state index contributed by atoms with van der Waals surface area (Å²) in [5, 5.41) is 12.8. The third-order valence-electron chi connectivity index (χ3n) is 3.15. The average Bonchev–Trinajstić information content (AvgIpc) is 3.16. The van der Waals surface area contributed by atoms with Crippen molar-refractivity contribution in [2.24, 2.45) is 4.99 Å². The lowest BCUT2D eigenvalue weighted by molar-refractivity contribution is 0.779. The first kappa shape index (κ1) is 17.7. The van der Waals surface area contributed by atoms with E-state index in [0.717, 1.165) is 27.5 Å². The first-order valence-electron chi connectivity index (χ1n) is 7.50. The molecule has 8 heteroatoms. The van der Waals surface area contributed by atoms with Crippen molar-refractivity contribution in [1.82, 2.24) is 20.6 Å². The minimum Gasteiger partial charge on any atom is -0.354 e. The van der Waals surface area contributed by atoms with Crippen LogP contribution in [0.2, 0.25) is 0 Å². The van der Waals surface area contributed by atoms with Crippen LogP contribution in [-0.4, -0.2) is 37.1 Å². The van der Waals surface area contributed by atoms with E-state index in [2.05, 4.69) is 50.2 Å². The Balaban J connectivity index is 1.82. The molecular weight excluding hydrogens is 328 g/mol. The zero-order chi connectivity index (χ0) is 16.8. The van der Waals surface area contributed by atoms with Crippen LogP contribution in [0.4, 0.5) is 5.13 Å². The van der Waals surface area contributed by atoms with Gasteiger partial charge in [-0.3, -0.25) is 4.99 Å². The molecule has 0 saturated heterocycles. The third kappa shape index (κ3) is 5.18. The molecule has 0 aromatic carbocycles. The summed E-state index contributed by atoms with van der Waals surface area (Å²) in [7, 11) is 5.76. The smallest absolute Gasteiger partial charge is 0.191 e. The Morgan fingerprint density at radius 1 is 1.17 bits per heavy atom. The summed E-state index contributed by atoms with van der Waals surface area (Å²) in [5.74, 6) is 1.22. The highest BCUT2D eigenvalue weighted by Crippen LogP contribution is 2.18. The van der Waals surface area contributed by atoms with Crippen LogP contribution in [0.25, 0.3) is 0 Å². The number of guanidine groups is 1. The highest BCUT2D eigenvalue weighted by Gasteiger charge is 2.07. The lowest BCUT2D eigenvalue weighted by Gasteiger charge is -2.10. The van der Waals surface area contributed by atoms with Crippen LogP contribution in [0, 0.1) is 0 Å². The second-order valence-electron chi connectivity index (χ2n) is 5.62. The predicted molar refractivity (Wildman–Crippen MR) is 99.7 cm³/mol. The number of rotatable bonds is 6. The standard InChI is InChI=1S/C15H24N6S2/c1-10(2)12-9-22-13(20-12)7-18-14(16-3)17-6-11-8-23-15(19-11)21(4)5/h8-10H,6-7H2,1-5H3,(H2,16,17,18). The van der Waals surface area contributed by atoms with Crippen LogP contribution in [0.3, 0.4) is 0 Å². The summed E-state index contributed by atoms with van der Waals surface area (Å²) in [6, 6.07) is 0. The van der Waals surface area contributed by atoms with E-state index in [1.807, 2.05) is 19.0 Å². The molecule has 0 aliphatic rings. The van der Waals surface area contributed by atoms with Gasteiger partial charge in [-0.1, -0.05) is 13.8 Å². The number of thiazole rings is 2. The molecule has 0 aliphatic carbocycles. The maximum Gasteiger partial charge on any atom is 0.191 e. The highest BCUT2D eigenvalue weighted by molar-refractivity contribution is 7.13. The minimum atomic E-state index is 0.466. The number of hydrogen-bond donors (Lipinski definition) is 2. The summed E-state index contributed by atoms with van der Waals surface area (Å²) in [4.78, 5) is 15.4. The van der Waals surface area contributed by atoms with Crippen LogP contribution in [0.1, 0.15) is 36.2 Å². The van der Waals surface area contributed by atoms with Gasteiger partial charge in [0.1, 0.15) is 5.01 Å². The molecule has 0 bridgehead atoms. The van der Waals surface area contributed by atoms with E-state index in [1.54, 1.807) is 29.7 Å². The molecule has 2 heterocycles. The van der Waals surface area contributed by atoms with Gasteiger partial charge in [-0.15, -0.1) is 22.7 Å². The highest BCUT2D eigenvalue weighted by atomic mass is 32.1. The van der Waals surface area contributed by atoms with Crippen molar-refractivity contribution in [3.8, 4) is 0 Å². The zero-order valence-electron chi connectivity index (χ0n) is 14.3. The minimum absolute atomic E-state index is 0.466. The average molecular weight is 353 g/mol. The van der Waals surface area contributed by atoms with E-state index < -0.39 is 0 Å². The Morgan fingerprint density at radius 2 is 1.91 bits per heavy atom. The van der Waals surface area contributed by atoms with E-state index in [1.165, 1.54) is 0 Å². The fourth-order valence-corrected chi connectivity index (χ4v) is 3.46. The summed E-state index contributed by atoms with van der Waals surface area (Å²) in [6.07, 6.45) is 0. The van der Waals surface area contributed by atoms with Gasteiger partial charge in [0.05, 0.1) is 24.5 Å². The van der Waals surface area contributed by atoms with Crippen molar-refractivity contribution in [1.29, 1.82) is 0 Å². The van der Waals surface area contributed by atoms with Crippen LogP contribution in [-0.2, 0) is 13.1 Å². The van der Waals surface area contributed by atoms with Gasteiger partial charge in [-0.05, 0) is 5.92 Å². The number of nitrogens with one attached hydrogen (secondary N) is 2. The van der Waals surface area contributed by atoms with Gasteiger partial charge in [0.25, 0.3) is 0 Å². The fourth-order valence-electron chi connectivity index (χ4n) is 1.81. The molecule has 23 heavy (non-hydrogen) atoms. The second kappa shape index (κ2) is 8.26. The van der Waals surface area contributed by atoms with Crippen molar-refractivity contribution >= 4 is 33.8 Å². The molecule has 0 amide bonds. The maximum absolute atomic E-state index is 4.61. The third-order valence-corrected chi connectivity index (χ3v) is 5.08. The fraction of sp³-hybridized carbons (Fsp3) is 0.533. The molecular formula is C15H24N6S2. The van der Waals surface area contributed by atoms with Gasteiger partial charge >= 0.3 is 0 Å². The van der Waals surface area contributed by atoms with Crippen LogP contribution >= 0.6 is 22.7 Å². The maximum atomic E-state index is 4.61. The molecule has 0 aliphatic heterocycles. The topological polar surface area (TPSA) is 65.4 Å². The summed E-state index contributed by atoms with van der Waals surface area (Å²) in [5.41, 5.74) is 2.16. The lowest BCUT2D eigenvalue weighted by atomic mass is 10.2. The Kier molecular flexibility index (Phi) is 6.35. The van der Waals surface area contributed by atoms with Gasteiger partial charge in [-0.25, -0.2) is 9.97 Å². The van der Waals surface area contributed by atoms with E-state index in [-0.39, 0.29) is 0 Å². The Bertz CT molecular complexity index is 592. The Morgan fingerprint density at radius 3 is 2.48 bits per heavy atom. The number of aromatic nitrogens is 2. The Labute approximate surface area is 145 Å². The van der Waals surface area contributed by atoms with Gasteiger partial charge in [-0.2, -0.15) is 0 Å². The van der Waals surface area contributed by atoms with Crippen molar-refractivity contribution in [2.45, 2.75) is 32.9 Å². The van der Waals surface area contributed by atoms with Crippen LogP contribution in [0.15, 0.2) is 15.8 Å². The second-order valence-corrected chi connectivity index (χ2v) is 7.40. The number of nitrogens with zero attached hydrogens (tertiary/aromatic N) is 4. The van der Waals surface area contributed by atoms with Crippen molar-refractivity contribution < 1.29 is 0 Å². The normalized spacial score (nSPS) is 11.8. The van der Waals surface area contributed by atoms with Crippen LogP contribution < -0.4 is 15.5 Å². The molecule has 0 atom stereocenters. The largest absolute Gasteiger partial charge is 0.354 e. The molecule has 6 nitrogen and oxygen atoms in total. The quantitative estimate of drug-likeness (QED) is 0.618. The van der Waals surface area contributed by atoms with E-state index in [9.17, 15) is 0 Å². The predicted octanol–water partition coefficient (Wildman–Crippen LogP) is 2.65. The first-order chi connectivity index (χ1) is 11.0.